The van der Waals surface area contributed by atoms with Gasteiger partial charge in [0.15, 0.2) is 0 Å². The predicted octanol–water partition coefficient (Wildman–Crippen LogP) is 2.46. The van der Waals surface area contributed by atoms with Crippen LogP contribution >= 0.6 is 12.4 Å². The Morgan fingerprint density at radius 3 is 2.73 bits per heavy atom. The summed E-state index contributed by atoms with van der Waals surface area (Å²) in [6.07, 6.45) is 0.908. The fourth-order valence-electron chi connectivity index (χ4n) is 2.56. The van der Waals surface area contributed by atoms with Crippen LogP contribution < -0.4 is 10.6 Å². The number of halogens is 2. The van der Waals surface area contributed by atoms with Crippen LogP contribution in [-0.4, -0.2) is 23.1 Å². The van der Waals surface area contributed by atoms with Crippen molar-refractivity contribution in [3.8, 4) is 11.3 Å². The van der Waals surface area contributed by atoms with Crippen LogP contribution in [0.15, 0.2) is 24.3 Å². The van der Waals surface area contributed by atoms with Crippen molar-refractivity contribution in [3.05, 3.63) is 47.2 Å². The van der Waals surface area contributed by atoms with Gasteiger partial charge in [-0.25, -0.2) is 14.4 Å². The highest BCUT2D eigenvalue weighted by atomic mass is 35.5. The Bertz CT molecular complexity index is 631. The lowest BCUT2D eigenvalue weighted by atomic mass is 10.00. The van der Waals surface area contributed by atoms with E-state index in [4.69, 9.17) is 0 Å². The molecule has 6 heteroatoms. The third-order valence-corrected chi connectivity index (χ3v) is 3.63. The standard InChI is InChI=1S/C16H19FN4.ClH/c1-2-18-10-15-20-14-7-8-19-9-13(14)16(21-15)11-3-5-12(17)6-4-11;/h3-6,18-19H,2,7-10H2,1H3;1H. The van der Waals surface area contributed by atoms with Crippen LogP contribution in [-0.2, 0) is 19.5 Å². The van der Waals surface area contributed by atoms with Crippen LogP contribution in [0.4, 0.5) is 4.39 Å². The van der Waals surface area contributed by atoms with Crippen LogP contribution in [0, 0.1) is 5.82 Å². The normalized spacial score (nSPS) is 13.4. The highest BCUT2D eigenvalue weighted by Gasteiger charge is 2.18. The van der Waals surface area contributed by atoms with Crippen LogP contribution in [0.5, 0.6) is 0 Å². The van der Waals surface area contributed by atoms with Gasteiger partial charge < -0.3 is 10.6 Å². The molecule has 2 heterocycles. The van der Waals surface area contributed by atoms with Crippen LogP contribution in [0.3, 0.4) is 0 Å². The fraction of sp³-hybridized carbons (Fsp3) is 0.375. The summed E-state index contributed by atoms with van der Waals surface area (Å²) in [4.78, 5) is 9.35. The molecular formula is C16H20ClFN4. The van der Waals surface area contributed by atoms with Gasteiger partial charge >= 0.3 is 0 Å². The van der Waals surface area contributed by atoms with Gasteiger partial charge in [-0.1, -0.05) is 6.92 Å². The molecule has 0 aliphatic carbocycles. The SMILES string of the molecule is CCNCc1nc2c(c(-c3ccc(F)cc3)n1)CNCC2.Cl. The lowest BCUT2D eigenvalue weighted by Crippen LogP contribution is -2.27. The first kappa shape index (κ1) is 16.8. The van der Waals surface area contributed by atoms with E-state index in [1.807, 2.05) is 0 Å². The van der Waals surface area contributed by atoms with Gasteiger partial charge in [0.1, 0.15) is 11.6 Å². The molecule has 4 nitrogen and oxygen atoms in total. The monoisotopic (exact) mass is 322 g/mol. The molecule has 118 valence electrons. The predicted molar refractivity (Wildman–Crippen MR) is 87.5 cm³/mol. The number of aromatic nitrogens is 2. The van der Waals surface area contributed by atoms with Gasteiger partial charge in [-0.2, -0.15) is 0 Å². The topological polar surface area (TPSA) is 49.8 Å². The Morgan fingerprint density at radius 2 is 2.00 bits per heavy atom. The Morgan fingerprint density at radius 1 is 1.23 bits per heavy atom. The molecule has 0 spiro atoms. The van der Waals surface area contributed by atoms with E-state index in [0.29, 0.717) is 6.54 Å². The van der Waals surface area contributed by atoms with Crippen molar-refractivity contribution in [2.24, 2.45) is 0 Å². The minimum absolute atomic E-state index is 0. The summed E-state index contributed by atoms with van der Waals surface area (Å²) in [5.74, 6) is 0.574. The molecule has 0 bridgehead atoms. The second-order valence-corrected chi connectivity index (χ2v) is 5.13. The van der Waals surface area contributed by atoms with E-state index in [2.05, 4.69) is 27.5 Å². The van der Waals surface area contributed by atoms with Gasteiger partial charge in [-0.05, 0) is 30.8 Å². The van der Waals surface area contributed by atoms with Crippen molar-refractivity contribution in [3.63, 3.8) is 0 Å². The smallest absolute Gasteiger partial charge is 0.143 e. The zero-order valence-electron chi connectivity index (χ0n) is 12.5. The van der Waals surface area contributed by atoms with Gasteiger partial charge in [-0.3, -0.25) is 0 Å². The molecular weight excluding hydrogens is 303 g/mol. The molecule has 0 saturated carbocycles. The Balaban J connectivity index is 0.00000176. The number of hydrogen-bond acceptors (Lipinski definition) is 4. The second-order valence-electron chi connectivity index (χ2n) is 5.13. The Labute approximate surface area is 136 Å². The molecule has 22 heavy (non-hydrogen) atoms. The fourth-order valence-corrected chi connectivity index (χ4v) is 2.56. The molecule has 0 atom stereocenters. The van der Waals surface area contributed by atoms with Crippen molar-refractivity contribution in [1.29, 1.82) is 0 Å². The van der Waals surface area contributed by atoms with Crippen molar-refractivity contribution in [1.82, 2.24) is 20.6 Å². The maximum Gasteiger partial charge on any atom is 0.143 e. The summed E-state index contributed by atoms with van der Waals surface area (Å²) in [6, 6.07) is 6.52. The molecule has 1 aromatic heterocycles. The number of benzene rings is 1. The van der Waals surface area contributed by atoms with Crippen molar-refractivity contribution in [2.45, 2.75) is 26.4 Å². The number of nitrogens with zero attached hydrogens (tertiary/aromatic N) is 2. The van der Waals surface area contributed by atoms with Gasteiger partial charge in [0.25, 0.3) is 0 Å². The average molecular weight is 323 g/mol. The van der Waals surface area contributed by atoms with E-state index in [1.54, 1.807) is 12.1 Å². The summed E-state index contributed by atoms with van der Waals surface area (Å²) in [7, 11) is 0. The number of nitrogens with one attached hydrogen (secondary N) is 2. The molecule has 2 N–H and O–H groups in total. The maximum absolute atomic E-state index is 13.1. The average Bonchev–Trinajstić information content (AvgIpc) is 2.53. The third kappa shape index (κ3) is 3.61. The Hall–Kier alpha value is -1.56. The van der Waals surface area contributed by atoms with Crippen LogP contribution in [0.25, 0.3) is 11.3 Å². The first-order chi connectivity index (χ1) is 10.3. The minimum atomic E-state index is -0.229. The molecule has 1 aliphatic rings. The molecule has 0 saturated heterocycles. The zero-order valence-corrected chi connectivity index (χ0v) is 13.3. The maximum atomic E-state index is 13.1. The van der Waals surface area contributed by atoms with E-state index in [0.717, 1.165) is 54.4 Å². The van der Waals surface area contributed by atoms with E-state index < -0.39 is 0 Å². The highest BCUT2D eigenvalue weighted by molar-refractivity contribution is 5.85. The lowest BCUT2D eigenvalue weighted by Gasteiger charge is -2.20. The van der Waals surface area contributed by atoms with Crippen LogP contribution in [0.1, 0.15) is 24.0 Å². The third-order valence-electron chi connectivity index (χ3n) is 3.63. The summed E-state index contributed by atoms with van der Waals surface area (Å²) in [5, 5.41) is 6.61. The first-order valence-corrected chi connectivity index (χ1v) is 7.34. The van der Waals surface area contributed by atoms with Crippen molar-refractivity contribution in [2.75, 3.05) is 13.1 Å². The van der Waals surface area contributed by atoms with Gasteiger partial charge in [0.05, 0.1) is 17.9 Å². The van der Waals surface area contributed by atoms with E-state index in [9.17, 15) is 4.39 Å². The first-order valence-electron chi connectivity index (χ1n) is 7.34. The van der Waals surface area contributed by atoms with E-state index >= 15 is 0 Å². The minimum Gasteiger partial charge on any atom is -0.312 e. The highest BCUT2D eigenvalue weighted by Crippen LogP contribution is 2.26. The molecule has 1 aromatic carbocycles. The van der Waals surface area contributed by atoms with Gasteiger partial charge in [0.2, 0.25) is 0 Å². The van der Waals surface area contributed by atoms with E-state index in [-0.39, 0.29) is 18.2 Å². The number of hydrogen-bond donors (Lipinski definition) is 2. The van der Waals surface area contributed by atoms with E-state index in [1.165, 1.54) is 12.1 Å². The largest absolute Gasteiger partial charge is 0.312 e. The summed E-state index contributed by atoms with van der Waals surface area (Å²) in [6.45, 7) is 5.31. The molecule has 0 unspecified atom stereocenters. The van der Waals surface area contributed by atoms with Gasteiger partial charge in [-0.15, -0.1) is 12.4 Å². The molecule has 2 aromatic rings. The summed E-state index contributed by atoms with van der Waals surface area (Å²) >= 11 is 0. The molecule has 3 rings (SSSR count). The molecule has 0 radical (unpaired) electrons. The second kappa shape index (κ2) is 7.63. The lowest BCUT2D eigenvalue weighted by molar-refractivity contribution is 0.612. The Kier molecular flexibility index (Phi) is 5.83. The summed E-state index contributed by atoms with van der Waals surface area (Å²) in [5.41, 5.74) is 4.10. The molecule has 1 aliphatic heterocycles. The quantitative estimate of drug-likeness (QED) is 0.908. The number of rotatable bonds is 4. The summed E-state index contributed by atoms with van der Waals surface area (Å²) < 4.78 is 13.1. The van der Waals surface area contributed by atoms with Crippen molar-refractivity contribution >= 4 is 12.4 Å². The zero-order chi connectivity index (χ0) is 14.7. The van der Waals surface area contributed by atoms with Crippen LogP contribution in [0.2, 0.25) is 0 Å². The molecule has 0 fully saturated rings. The number of fused-ring (bicyclic) bond motifs is 1. The molecule has 0 amide bonds. The van der Waals surface area contributed by atoms with Crippen molar-refractivity contribution < 1.29 is 4.39 Å². The van der Waals surface area contributed by atoms with Gasteiger partial charge in [0, 0.05) is 30.6 Å².